The van der Waals surface area contributed by atoms with Gasteiger partial charge in [0.05, 0.1) is 28.7 Å². The number of sulfone groups is 1. The minimum Gasteiger partial charge on any atom is -0.497 e. The van der Waals surface area contributed by atoms with Crippen LogP contribution in [-0.2, 0) is 26.0 Å². The van der Waals surface area contributed by atoms with Crippen LogP contribution in [0.1, 0.15) is 25.3 Å². The SMILES string of the molecule is CCC1Sc2ccc(S(=O)(=O)CCC(=O)NCc3ccc(OC)cc3)cc2NC1=O. The molecule has 1 aliphatic heterocycles. The number of carbonyl (C=O) groups excluding carboxylic acids is 2. The first-order chi connectivity index (χ1) is 14.3. The lowest BCUT2D eigenvalue weighted by molar-refractivity contribution is -0.121. The highest BCUT2D eigenvalue weighted by molar-refractivity contribution is 8.01. The number of benzene rings is 2. The number of fused-ring (bicyclic) bond motifs is 1. The Morgan fingerprint density at radius 2 is 1.93 bits per heavy atom. The highest BCUT2D eigenvalue weighted by Gasteiger charge is 2.27. The molecule has 1 unspecified atom stereocenters. The molecule has 2 amide bonds. The minimum absolute atomic E-state index is 0.0973. The number of nitrogens with one attached hydrogen (secondary N) is 2. The number of methoxy groups -OCH3 is 1. The summed E-state index contributed by atoms with van der Waals surface area (Å²) < 4.78 is 30.4. The fourth-order valence-electron chi connectivity index (χ4n) is 2.97. The first kappa shape index (κ1) is 22.2. The van der Waals surface area contributed by atoms with Crippen LogP contribution in [0, 0.1) is 0 Å². The van der Waals surface area contributed by atoms with Gasteiger partial charge in [-0.15, -0.1) is 11.8 Å². The molecule has 0 aliphatic carbocycles. The normalized spacial score (nSPS) is 15.8. The van der Waals surface area contributed by atoms with Gasteiger partial charge in [0.15, 0.2) is 9.84 Å². The number of anilines is 1. The standard InChI is InChI=1S/C21H24N2O5S2/c1-3-18-21(25)23-17-12-16(8-9-19(17)29-18)30(26,27)11-10-20(24)22-13-14-4-6-15(28-2)7-5-14/h4-9,12,18H,3,10-11,13H2,1-2H3,(H,22,24)(H,23,25). The number of hydrogen-bond acceptors (Lipinski definition) is 6. The summed E-state index contributed by atoms with van der Waals surface area (Å²) in [6.07, 6.45) is 0.552. The summed E-state index contributed by atoms with van der Waals surface area (Å²) in [5.74, 6) is -0.0516. The third-order valence-corrected chi connectivity index (χ3v) is 7.90. The Hall–Kier alpha value is -2.52. The number of ether oxygens (including phenoxy) is 1. The van der Waals surface area contributed by atoms with Gasteiger partial charge in [0, 0.05) is 17.9 Å². The van der Waals surface area contributed by atoms with Crippen molar-refractivity contribution in [3.8, 4) is 5.75 Å². The number of rotatable bonds is 8. The average Bonchev–Trinajstić information content (AvgIpc) is 2.75. The third-order valence-electron chi connectivity index (χ3n) is 4.75. The zero-order valence-electron chi connectivity index (χ0n) is 16.8. The Morgan fingerprint density at radius 1 is 1.20 bits per heavy atom. The van der Waals surface area contributed by atoms with Gasteiger partial charge >= 0.3 is 0 Å². The maximum absolute atomic E-state index is 12.7. The van der Waals surface area contributed by atoms with E-state index in [0.717, 1.165) is 16.2 Å². The molecule has 9 heteroatoms. The quantitative estimate of drug-likeness (QED) is 0.644. The predicted molar refractivity (Wildman–Crippen MR) is 117 cm³/mol. The highest BCUT2D eigenvalue weighted by Crippen LogP contribution is 2.38. The molecule has 30 heavy (non-hydrogen) atoms. The smallest absolute Gasteiger partial charge is 0.237 e. The molecule has 0 radical (unpaired) electrons. The van der Waals surface area contributed by atoms with Gasteiger partial charge < -0.3 is 15.4 Å². The molecule has 2 N–H and O–H groups in total. The van der Waals surface area contributed by atoms with E-state index in [-0.39, 0.29) is 34.1 Å². The van der Waals surface area contributed by atoms with Gasteiger partial charge in [-0.3, -0.25) is 9.59 Å². The molecule has 1 aliphatic rings. The van der Waals surface area contributed by atoms with Gasteiger partial charge in [0.25, 0.3) is 0 Å². The van der Waals surface area contributed by atoms with Gasteiger partial charge in [0.1, 0.15) is 5.75 Å². The summed E-state index contributed by atoms with van der Waals surface area (Å²) in [4.78, 5) is 25.1. The van der Waals surface area contributed by atoms with E-state index in [0.29, 0.717) is 18.7 Å². The van der Waals surface area contributed by atoms with Crippen LogP contribution in [0.2, 0.25) is 0 Å². The molecule has 2 aromatic carbocycles. The molecular formula is C21H24N2O5S2. The molecule has 0 aromatic heterocycles. The van der Waals surface area contributed by atoms with Gasteiger partial charge in [-0.25, -0.2) is 8.42 Å². The minimum atomic E-state index is -3.66. The maximum Gasteiger partial charge on any atom is 0.237 e. The second kappa shape index (κ2) is 9.53. The lowest BCUT2D eigenvalue weighted by Gasteiger charge is -2.23. The van der Waals surface area contributed by atoms with Gasteiger partial charge in [-0.1, -0.05) is 19.1 Å². The first-order valence-electron chi connectivity index (χ1n) is 9.56. The highest BCUT2D eigenvalue weighted by atomic mass is 32.2. The lowest BCUT2D eigenvalue weighted by atomic mass is 10.2. The van der Waals surface area contributed by atoms with Crippen molar-refractivity contribution >= 4 is 39.1 Å². The number of hydrogen-bond donors (Lipinski definition) is 2. The van der Waals surface area contributed by atoms with E-state index in [2.05, 4.69) is 10.6 Å². The molecular weight excluding hydrogens is 424 g/mol. The van der Waals surface area contributed by atoms with Gasteiger partial charge in [-0.2, -0.15) is 0 Å². The monoisotopic (exact) mass is 448 g/mol. The molecule has 0 fully saturated rings. The Labute approximate surface area is 180 Å². The summed E-state index contributed by atoms with van der Waals surface area (Å²) in [5.41, 5.74) is 1.39. The van der Waals surface area contributed by atoms with Crippen molar-refractivity contribution in [2.24, 2.45) is 0 Å². The molecule has 3 rings (SSSR count). The van der Waals surface area contributed by atoms with E-state index in [4.69, 9.17) is 4.74 Å². The van der Waals surface area contributed by atoms with Gasteiger partial charge in [0.2, 0.25) is 11.8 Å². The maximum atomic E-state index is 12.7. The van der Waals surface area contributed by atoms with Crippen LogP contribution >= 0.6 is 11.8 Å². The molecule has 0 bridgehead atoms. The first-order valence-corrected chi connectivity index (χ1v) is 12.1. The van der Waals surface area contributed by atoms with Crippen LogP contribution in [0.25, 0.3) is 0 Å². The van der Waals surface area contributed by atoms with E-state index < -0.39 is 9.84 Å². The topological polar surface area (TPSA) is 102 Å². The van der Waals surface area contributed by atoms with E-state index in [1.54, 1.807) is 25.3 Å². The van der Waals surface area contributed by atoms with Crippen LogP contribution in [0.5, 0.6) is 5.75 Å². The number of carbonyl (C=O) groups is 2. The Morgan fingerprint density at radius 3 is 2.60 bits per heavy atom. The Kier molecular flexibility index (Phi) is 7.04. The van der Waals surface area contributed by atoms with E-state index in [1.807, 2.05) is 19.1 Å². The molecule has 0 spiro atoms. The van der Waals surface area contributed by atoms with Crippen molar-refractivity contribution in [3.63, 3.8) is 0 Å². The molecule has 1 atom stereocenters. The van der Waals surface area contributed by atoms with E-state index in [9.17, 15) is 18.0 Å². The molecule has 2 aromatic rings. The van der Waals surface area contributed by atoms with Crippen LogP contribution in [0.4, 0.5) is 5.69 Å². The van der Waals surface area contributed by atoms with Crippen molar-refractivity contribution < 1.29 is 22.7 Å². The molecule has 1 heterocycles. The Bertz CT molecular complexity index is 1040. The fraction of sp³-hybridized carbons (Fsp3) is 0.333. The predicted octanol–water partition coefficient (Wildman–Crippen LogP) is 3.00. The van der Waals surface area contributed by atoms with Crippen LogP contribution < -0.4 is 15.4 Å². The van der Waals surface area contributed by atoms with Crippen molar-refractivity contribution in [2.75, 3.05) is 18.2 Å². The van der Waals surface area contributed by atoms with Crippen molar-refractivity contribution in [1.29, 1.82) is 0 Å². The summed E-state index contributed by atoms with van der Waals surface area (Å²) in [5, 5.41) is 5.32. The third kappa shape index (κ3) is 5.34. The van der Waals surface area contributed by atoms with Crippen LogP contribution in [0.3, 0.4) is 0 Å². The zero-order chi connectivity index (χ0) is 21.7. The molecule has 160 valence electrons. The zero-order valence-corrected chi connectivity index (χ0v) is 18.4. The average molecular weight is 449 g/mol. The summed E-state index contributed by atoms with van der Waals surface area (Å²) in [6.45, 7) is 2.24. The molecule has 0 saturated heterocycles. The fourth-order valence-corrected chi connectivity index (χ4v) is 5.25. The number of amides is 2. The van der Waals surface area contributed by atoms with Crippen molar-refractivity contribution in [1.82, 2.24) is 5.32 Å². The summed E-state index contributed by atoms with van der Waals surface area (Å²) in [6, 6.07) is 12.0. The van der Waals surface area contributed by atoms with Gasteiger partial charge in [-0.05, 0) is 42.3 Å². The lowest BCUT2D eigenvalue weighted by Crippen LogP contribution is -2.28. The second-order valence-electron chi connectivity index (χ2n) is 6.86. The van der Waals surface area contributed by atoms with Crippen molar-refractivity contribution in [3.05, 3.63) is 48.0 Å². The van der Waals surface area contributed by atoms with E-state index >= 15 is 0 Å². The van der Waals surface area contributed by atoms with Crippen LogP contribution in [-0.4, -0.2) is 38.3 Å². The largest absolute Gasteiger partial charge is 0.497 e. The van der Waals surface area contributed by atoms with Crippen molar-refractivity contribution in [2.45, 2.75) is 41.4 Å². The molecule has 0 saturated carbocycles. The second-order valence-corrected chi connectivity index (χ2v) is 10.2. The summed E-state index contributed by atoms with van der Waals surface area (Å²) >= 11 is 1.43. The Balaban J connectivity index is 1.57. The summed E-state index contributed by atoms with van der Waals surface area (Å²) in [7, 11) is -2.08. The van der Waals surface area contributed by atoms with Crippen LogP contribution in [0.15, 0.2) is 52.3 Å². The van der Waals surface area contributed by atoms with E-state index in [1.165, 1.54) is 23.9 Å². The number of thioether (sulfide) groups is 1. The molecule has 7 nitrogen and oxygen atoms in total.